The van der Waals surface area contributed by atoms with Crippen molar-refractivity contribution in [2.45, 2.75) is 38.3 Å². The van der Waals surface area contributed by atoms with Crippen LogP contribution in [0.2, 0.25) is 0 Å². The van der Waals surface area contributed by atoms with Crippen LogP contribution in [-0.4, -0.2) is 30.6 Å². The monoisotopic (exact) mass is 247 g/mol. The van der Waals surface area contributed by atoms with Gasteiger partial charge in [-0.2, -0.15) is 0 Å². The second-order valence-corrected chi connectivity index (χ2v) is 5.38. The summed E-state index contributed by atoms with van der Waals surface area (Å²) in [7, 11) is 3.45. The first kappa shape index (κ1) is 13.1. The lowest BCUT2D eigenvalue weighted by Crippen LogP contribution is -2.45. The van der Waals surface area contributed by atoms with Crippen molar-refractivity contribution >= 4 is 5.91 Å². The van der Waals surface area contributed by atoms with E-state index in [1.165, 1.54) is 11.1 Å². The van der Waals surface area contributed by atoms with Crippen LogP contribution in [0.5, 0.6) is 0 Å². The van der Waals surface area contributed by atoms with Crippen LogP contribution >= 0.6 is 0 Å². The molecule has 18 heavy (non-hydrogen) atoms. The highest BCUT2D eigenvalue weighted by Gasteiger charge is 2.36. The Labute approximate surface area is 109 Å². The van der Waals surface area contributed by atoms with E-state index in [9.17, 15) is 4.79 Å². The number of hydrogen-bond donors (Lipinski definition) is 0. The molecule has 3 heteroatoms. The first-order chi connectivity index (χ1) is 8.47. The Bertz CT molecular complexity index is 454. The summed E-state index contributed by atoms with van der Waals surface area (Å²) in [5, 5.41) is 0. The van der Waals surface area contributed by atoms with Crippen LogP contribution in [0.3, 0.4) is 0 Å². The summed E-state index contributed by atoms with van der Waals surface area (Å²) in [5.74, 6) is 0.0340. The molecule has 0 spiro atoms. The number of likely N-dealkylation sites (N-methyl/N-ethyl adjacent to an activating group) is 1. The molecule has 1 aromatic rings. The summed E-state index contributed by atoms with van der Waals surface area (Å²) in [5.41, 5.74) is 1.88. The minimum atomic E-state index is -0.758. The third kappa shape index (κ3) is 2.15. The molecule has 1 unspecified atom stereocenters. The Hall–Kier alpha value is -1.35. The van der Waals surface area contributed by atoms with Crippen LogP contribution < -0.4 is 0 Å². The molecule has 2 rings (SSSR count). The standard InChI is InChI=1S/C15H21NO2/c1-15(2,18-4)14(17)16(3)13-10-9-11-7-5-6-8-12(11)13/h5-8,13H,9-10H2,1-4H3. The molecule has 1 amide bonds. The van der Waals surface area contributed by atoms with Gasteiger partial charge < -0.3 is 9.64 Å². The highest BCUT2D eigenvalue weighted by molar-refractivity contribution is 5.84. The summed E-state index contributed by atoms with van der Waals surface area (Å²) < 4.78 is 5.28. The van der Waals surface area contributed by atoms with E-state index in [2.05, 4.69) is 18.2 Å². The molecule has 1 aliphatic rings. The maximum atomic E-state index is 12.4. The number of benzene rings is 1. The minimum Gasteiger partial charge on any atom is -0.369 e. The Morgan fingerprint density at radius 2 is 2.06 bits per heavy atom. The number of hydrogen-bond acceptors (Lipinski definition) is 2. The molecule has 3 nitrogen and oxygen atoms in total. The Morgan fingerprint density at radius 3 is 2.72 bits per heavy atom. The van der Waals surface area contributed by atoms with Crippen molar-refractivity contribution in [1.29, 1.82) is 0 Å². The Morgan fingerprint density at radius 1 is 1.39 bits per heavy atom. The van der Waals surface area contributed by atoms with Gasteiger partial charge in [-0.25, -0.2) is 0 Å². The molecule has 0 fully saturated rings. The van der Waals surface area contributed by atoms with Gasteiger partial charge in [-0.15, -0.1) is 0 Å². The average Bonchev–Trinajstić information content (AvgIpc) is 2.80. The van der Waals surface area contributed by atoms with Gasteiger partial charge in [0, 0.05) is 14.2 Å². The van der Waals surface area contributed by atoms with Crippen LogP contribution in [0, 0.1) is 0 Å². The normalized spacial score (nSPS) is 18.6. The van der Waals surface area contributed by atoms with Crippen molar-refractivity contribution in [3.63, 3.8) is 0 Å². The van der Waals surface area contributed by atoms with Crippen LogP contribution in [0.4, 0.5) is 0 Å². The zero-order valence-electron chi connectivity index (χ0n) is 11.6. The number of rotatable bonds is 3. The van der Waals surface area contributed by atoms with Gasteiger partial charge in [0.2, 0.25) is 0 Å². The predicted molar refractivity (Wildman–Crippen MR) is 71.4 cm³/mol. The lowest BCUT2D eigenvalue weighted by molar-refractivity contribution is -0.152. The van der Waals surface area contributed by atoms with Crippen LogP contribution in [0.1, 0.15) is 37.4 Å². The number of carbonyl (C=O) groups excluding carboxylic acids is 1. The first-order valence-electron chi connectivity index (χ1n) is 6.37. The van der Waals surface area contributed by atoms with Gasteiger partial charge in [0.1, 0.15) is 5.60 Å². The van der Waals surface area contributed by atoms with Gasteiger partial charge in [0.25, 0.3) is 5.91 Å². The number of nitrogens with zero attached hydrogens (tertiary/aromatic N) is 1. The van der Waals surface area contributed by atoms with E-state index < -0.39 is 5.60 Å². The molecule has 1 aliphatic carbocycles. The second kappa shape index (κ2) is 4.73. The molecule has 0 aliphatic heterocycles. The largest absolute Gasteiger partial charge is 0.369 e. The Kier molecular flexibility index (Phi) is 3.44. The molecule has 0 saturated carbocycles. The third-order valence-electron chi connectivity index (χ3n) is 3.91. The summed E-state index contributed by atoms with van der Waals surface area (Å²) >= 11 is 0. The molecule has 0 aromatic heterocycles. The van der Waals surface area contributed by atoms with Gasteiger partial charge in [-0.1, -0.05) is 24.3 Å². The van der Waals surface area contributed by atoms with Crippen molar-refractivity contribution in [2.24, 2.45) is 0 Å². The van der Waals surface area contributed by atoms with E-state index in [-0.39, 0.29) is 11.9 Å². The molecular weight excluding hydrogens is 226 g/mol. The summed E-state index contributed by atoms with van der Waals surface area (Å²) in [4.78, 5) is 14.2. The van der Waals surface area contributed by atoms with Crippen LogP contribution in [-0.2, 0) is 16.0 Å². The molecule has 1 aromatic carbocycles. The van der Waals surface area contributed by atoms with Gasteiger partial charge in [0.05, 0.1) is 6.04 Å². The van der Waals surface area contributed by atoms with Gasteiger partial charge in [-0.05, 0) is 37.8 Å². The van der Waals surface area contributed by atoms with Crippen LogP contribution in [0.25, 0.3) is 0 Å². The highest BCUT2D eigenvalue weighted by atomic mass is 16.5. The average molecular weight is 247 g/mol. The molecule has 0 heterocycles. The quantitative estimate of drug-likeness (QED) is 0.821. The van der Waals surface area contributed by atoms with Gasteiger partial charge >= 0.3 is 0 Å². The van der Waals surface area contributed by atoms with Crippen molar-refractivity contribution in [3.8, 4) is 0 Å². The second-order valence-electron chi connectivity index (χ2n) is 5.38. The van der Waals surface area contributed by atoms with Gasteiger partial charge in [0.15, 0.2) is 0 Å². The number of amides is 1. The fourth-order valence-electron chi connectivity index (χ4n) is 2.59. The fourth-order valence-corrected chi connectivity index (χ4v) is 2.59. The van der Waals surface area contributed by atoms with E-state index in [0.717, 1.165) is 12.8 Å². The number of carbonyl (C=O) groups is 1. The van der Waals surface area contributed by atoms with E-state index in [0.29, 0.717) is 0 Å². The summed E-state index contributed by atoms with van der Waals surface area (Å²) in [6, 6.07) is 8.55. The molecule has 1 atom stereocenters. The minimum absolute atomic E-state index is 0.0340. The topological polar surface area (TPSA) is 29.5 Å². The number of ether oxygens (including phenoxy) is 1. The van der Waals surface area contributed by atoms with Crippen molar-refractivity contribution < 1.29 is 9.53 Å². The van der Waals surface area contributed by atoms with Crippen molar-refractivity contribution in [3.05, 3.63) is 35.4 Å². The van der Waals surface area contributed by atoms with Crippen LogP contribution in [0.15, 0.2) is 24.3 Å². The predicted octanol–water partition coefficient (Wildman–Crippen LogP) is 2.56. The zero-order chi connectivity index (χ0) is 13.3. The fraction of sp³-hybridized carbons (Fsp3) is 0.533. The van der Waals surface area contributed by atoms with E-state index in [1.54, 1.807) is 7.11 Å². The lowest BCUT2D eigenvalue weighted by Gasteiger charge is -2.32. The SMILES string of the molecule is COC(C)(C)C(=O)N(C)C1CCc2ccccc21. The molecule has 0 N–H and O–H groups in total. The zero-order valence-corrected chi connectivity index (χ0v) is 11.6. The third-order valence-corrected chi connectivity index (χ3v) is 3.91. The first-order valence-corrected chi connectivity index (χ1v) is 6.37. The molecular formula is C15H21NO2. The maximum absolute atomic E-state index is 12.4. The summed E-state index contributed by atoms with van der Waals surface area (Å²) in [6.45, 7) is 3.62. The number of fused-ring (bicyclic) bond motifs is 1. The van der Waals surface area contributed by atoms with E-state index >= 15 is 0 Å². The Balaban J connectivity index is 2.22. The maximum Gasteiger partial charge on any atom is 0.254 e. The van der Waals surface area contributed by atoms with Crippen molar-refractivity contribution in [2.75, 3.05) is 14.2 Å². The van der Waals surface area contributed by atoms with Gasteiger partial charge in [-0.3, -0.25) is 4.79 Å². The molecule has 98 valence electrons. The summed E-state index contributed by atoms with van der Waals surface area (Å²) in [6.07, 6.45) is 2.05. The molecule has 0 radical (unpaired) electrons. The van der Waals surface area contributed by atoms with E-state index in [4.69, 9.17) is 4.74 Å². The number of methoxy groups -OCH3 is 1. The highest BCUT2D eigenvalue weighted by Crippen LogP contribution is 2.35. The lowest BCUT2D eigenvalue weighted by atomic mass is 10.0. The number of aryl methyl sites for hydroxylation is 1. The van der Waals surface area contributed by atoms with E-state index in [1.807, 2.05) is 31.9 Å². The molecule has 0 bridgehead atoms. The molecule has 0 saturated heterocycles. The smallest absolute Gasteiger partial charge is 0.254 e. The van der Waals surface area contributed by atoms with Crippen molar-refractivity contribution in [1.82, 2.24) is 4.90 Å².